The van der Waals surface area contributed by atoms with Gasteiger partial charge in [0, 0.05) is 24.5 Å². The topological polar surface area (TPSA) is 49.6 Å². The molecule has 2 bridgehead atoms. The van der Waals surface area contributed by atoms with E-state index in [2.05, 4.69) is 21.3 Å². The van der Waals surface area contributed by atoms with E-state index in [9.17, 15) is 4.79 Å². The van der Waals surface area contributed by atoms with Crippen molar-refractivity contribution >= 4 is 22.9 Å². The maximum Gasteiger partial charge on any atom is 0.275 e. The number of aryl methyl sites for hydroxylation is 1. The van der Waals surface area contributed by atoms with E-state index in [0.29, 0.717) is 11.7 Å². The first-order valence-corrected chi connectivity index (χ1v) is 9.31. The first kappa shape index (κ1) is 15.4. The lowest BCUT2D eigenvalue weighted by molar-refractivity contribution is 0.102. The predicted molar refractivity (Wildman–Crippen MR) is 103 cm³/mol. The van der Waals surface area contributed by atoms with E-state index in [1.54, 1.807) is 6.20 Å². The normalized spacial score (nSPS) is 21.5. The van der Waals surface area contributed by atoms with Gasteiger partial charge in [-0.25, -0.2) is 4.98 Å². The molecule has 132 valence electrons. The van der Waals surface area contributed by atoms with E-state index < -0.39 is 0 Å². The van der Waals surface area contributed by atoms with Crippen molar-refractivity contribution in [2.24, 2.45) is 5.92 Å². The Labute approximate surface area is 152 Å². The molecule has 26 heavy (non-hydrogen) atoms. The van der Waals surface area contributed by atoms with Crippen molar-refractivity contribution in [3.05, 3.63) is 60.0 Å². The van der Waals surface area contributed by atoms with Crippen molar-refractivity contribution in [3.8, 4) is 0 Å². The molecule has 5 nitrogen and oxygen atoms in total. The monoisotopic (exact) mass is 346 g/mol. The molecule has 0 radical (unpaired) electrons. The molecule has 5 heteroatoms. The van der Waals surface area contributed by atoms with Crippen LogP contribution >= 0.6 is 0 Å². The Kier molecular flexibility index (Phi) is 3.48. The number of nitrogens with zero attached hydrogens (tertiary/aromatic N) is 3. The highest BCUT2D eigenvalue weighted by atomic mass is 16.1. The summed E-state index contributed by atoms with van der Waals surface area (Å²) in [5.74, 6) is 0.648. The van der Waals surface area contributed by atoms with Crippen molar-refractivity contribution in [2.75, 3.05) is 16.8 Å². The Morgan fingerprint density at radius 2 is 2.04 bits per heavy atom. The average Bonchev–Trinajstić information content (AvgIpc) is 3.37. The number of nitrogens with one attached hydrogen (secondary N) is 1. The summed E-state index contributed by atoms with van der Waals surface area (Å²) in [5, 5.41) is 3.09. The summed E-state index contributed by atoms with van der Waals surface area (Å²) in [4.78, 5) is 19.8. The number of carbonyl (C=O) groups is 1. The molecule has 1 aliphatic heterocycles. The fourth-order valence-corrected chi connectivity index (χ4v) is 4.49. The molecule has 1 saturated carbocycles. The number of carbonyl (C=O) groups excluding carboxylic acids is 1. The maximum atomic E-state index is 12.8. The van der Waals surface area contributed by atoms with Gasteiger partial charge in [-0.2, -0.15) is 0 Å². The Bertz CT molecular complexity index is 993. The summed E-state index contributed by atoms with van der Waals surface area (Å²) in [6, 6.07) is 14.6. The summed E-state index contributed by atoms with van der Waals surface area (Å²) in [6.45, 7) is 3.11. The van der Waals surface area contributed by atoms with Crippen molar-refractivity contribution < 1.29 is 4.79 Å². The summed E-state index contributed by atoms with van der Waals surface area (Å²) in [5.41, 5.74) is 4.30. The van der Waals surface area contributed by atoms with Gasteiger partial charge in [0.05, 0.1) is 11.4 Å². The van der Waals surface area contributed by atoms with Gasteiger partial charge in [0.25, 0.3) is 5.91 Å². The number of pyridine rings is 1. The molecule has 5 rings (SSSR count). The highest BCUT2D eigenvalue weighted by Crippen LogP contribution is 2.42. The van der Waals surface area contributed by atoms with E-state index in [1.165, 1.54) is 19.3 Å². The largest absolute Gasteiger partial charge is 0.367 e. The Morgan fingerprint density at radius 1 is 1.15 bits per heavy atom. The van der Waals surface area contributed by atoms with Gasteiger partial charge in [-0.15, -0.1) is 0 Å². The van der Waals surface area contributed by atoms with Crippen molar-refractivity contribution in [1.82, 2.24) is 9.38 Å². The molecular formula is C21H22N4O. The third kappa shape index (κ3) is 2.46. The van der Waals surface area contributed by atoms with E-state index in [1.807, 2.05) is 47.7 Å². The number of hydrogen-bond acceptors (Lipinski definition) is 3. The van der Waals surface area contributed by atoms with Crippen LogP contribution in [0.3, 0.4) is 0 Å². The maximum absolute atomic E-state index is 12.8. The van der Waals surface area contributed by atoms with E-state index in [0.717, 1.165) is 35.2 Å². The van der Waals surface area contributed by atoms with Gasteiger partial charge in [-0.3, -0.25) is 4.79 Å². The molecule has 2 fully saturated rings. The summed E-state index contributed by atoms with van der Waals surface area (Å²) >= 11 is 0. The van der Waals surface area contributed by atoms with Gasteiger partial charge < -0.3 is 14.6 Å². The van der Waals surface area contributed by atoms with Crippen LogP contribution in [0.4, 0.5) is 11.4 Å². The number of aromatic nitrogens is 2. The van der Waals surface area contributed by atoms with Gasteiger partial charge in [-0.1, -0.05) is 18.2 Å². The zero-order chi connectivity index (χ0) is 17.7. The fraction of sp³-hybridized carbons (Fsp3) is 0.333. The lowest BCUT2D eigenvalue weighted by Gasteiger charge is -2.30. The molecule has 0 spiro atoms. The van der Waals surface area contributed by atoms with Crippen molar-refractivity contribution in [2.45, 2.75) is 32.2 Å². The second-order valence-electron chi connectivity index (χ2n) is 7.48. The quantitative estimate of drug-likeness (QED) is 0.783. The number of amides is 1. The zero-order valence-electron chi connectivity index (χ0n) is 14.9. The standard InChI is InChI=1S/C21H22N4O/c1-14-5-4-8-20-22-18(13-24(14)20)21(26)23-17-6-2-3-7-19(17)25-12-15-9-10-16(25)11-15/h2-8,13,15-16H,9-12H2,1H3,(H,23,26). The molecule has 1 amide bonds. The molecule has 2 aliphatic rings. The fourth-order valence-electron chi connectivity index (χ4n) is 4.49. The number of imidazole rings is 1. The molecule has 1 aromatic carbocycles. The minimum atomic E-state index is -0.162. The third-order valence-corrected chi connectivity index (χ3v) is 5.80. The number of hydrogen-bond donors (Lipinski definition) is 1. The van der Waals surface area contributed by atoms with Gasteiger partial charge in [0.15, 0.2) is 0 Å². The minimum Gasteiger partial charge on any atom is -0.367 e. The second kappa shape index (κ2) is 5.87. The number of benzene rings is 1. The van der Waals surface area contributed by atoms with E-state index in [-0.39, 0.29) is 5.91 Å². The summed E-state index contributed by atoms with van der Waals surface area (Å²) in [7, 11) is 0. The molecule has 1 aliphatic carbocycles. The van der Waals surface area contributed by atoms with Crippen molar-refractivity contribution in [1.29, 1.82) is 0 Å². The molecule has 3 aromatic rings. The van der Waals surface area contributed by atoms with Crippen LogP contribution in [0, 0.1) is 12.8 Å². The molecule has 3 heterocycles. The first-order chi connectivity index (χ1) is 12.7. The van der Waals surface area contributed by atoms with Crippen LogP contribution in [-0.4, -0.2) is 27.9 Å². The van der Waals surface area contributed by atoms with Crippen LogP contribution in [0.2, 0.25) is 0 Å². The molecule has 2 aromatic heterocycles. The van der Waals surface area contributed by atoms with Gasteiger partial charge in [0.1, 0.15) is 11.3 Å². The number of piperidine rings is 1. The Balaban J connectivity index is 1.44. The second-order valence-corrected chi connectivity index (χ2v) is 7.48. The lowest BCUT2D eigenvalue weighted by Crippen LogP contribution is -2.32. The molecule has 1 saturated heterocycles. The number of fused-ring (bicyclic) bond motifs is 3. The minimum absolute atomic E-state index is 0.162. The SMILES string of the molecule is Cc1cccc2nc(C(=O)Nc3ccccc3N3CC4CCC3C4)cn12. The number of para-hydroxylation sites is 2. The van der Waals surface area contributed by atoms with Crippen LogP contribution in [0.5, 0.6) is 0 Å². The first-order valence-electron chi connectivity index (χ1n) is 9.31. The van der Waals surface area contributed by atoms with E-state index in [4.69, 9.17) is 0 Å². The van der Waals surface area contributed by atoms with Gasteiger partial charge in [0.2, 0.25) is 0 Å². The Hall–Kier alpha value is -2.82. The molecule has 2 unspecified atom stereocenters. The van der Waals surface area contributed by atoms with Crippen LogP contribution in [0.1, 0.15) is 35.4 Å². The zero-order valence-corrected chi connectivity index (χ0v) is 14.9. The predicted octanol–water partition coefficient (Wildman–Crippen LogP) is 3.88. The van der Waals surface area contributed by atoms with Crippen LogP contribution < -0.4 is 10.2 Å². The van der Waals surface area contributed by atoms with E-state index >= 15 is 0 Å². The molecule has 1 N–H and O–H groups in total. The Morgan fingerprint density at radius 3 is 2.81 bits per heavy atom. The van der Waals surface area contributed by atoms with Crippen LogP contribution in [-0.2, 0) is 0 Å². The summed E-state index contributed by atoms with van der Waals surface area (Å²) < 4.78 is 1.94. The van der Waals surface area contributed by atoms with Gasteiger partial charge in [-0.05, 0) is 56.4 Å². The van der Waals surface area contributed by atoms with Crippen molar-refractivity contribution in [3.63, 3.8) is 0 Å². The number of rotatable bonds is 3. The summed E-state index contributed by atoms with van der Waals surface area (Å²) in [6.07, 6.45) is 5.70. The smallest absolute Gasteiger partial charge is 0.275 e. The van der Waals surface area contributed by atoms with Crippen LogP contribution in [0.25, 0.3) is 5.65 Å². The highest BCUT2D eigenvalue weighted by Gasteiger charge is 2.38. The molecular weight excluding hydrogens is 324 g/mol. The lowest BCUT2D eigenvalue weighted by atomic mass is 10.1. The van der Waals surface area contributed by atoms with Gasteiger partial charge >= 0.3 is 0 Å². The van der Waals surface area contributed by atoms with Crippen LogP contribution in [0.15, 0.2) is 48.7 Å². The highest BCUT2D eigenvalue weighted by molar-refractivity contribution is 6.05. The number of anilines is 2. The average molecular weight is 346 g/mol. The molecule has 2 atom stereocenters. The third-order valence-electron chi connectivity index (χ3n) is 5.80.